The van der Waals surface area contributed by atoms with Gasteiger partial charge in [0.15, 0.2) is 0 Å². The molecule has 33 heavy (non-hydrogen) atoms. The summed E-state index contributed by atoms with van der Waals surface area (Å²) in [5.41, 5.74) is 2.10. The van der Waals surface area contributed by atoms with Crippen molar-refractivity contribution in [3.8, 4) is 12.3 Å². The van der Waals surface area contributed by atoms with Crippen LogP contribution < -0.4 is 10.0 Å². The molecular weight excluding hydrogens is 441 g/mol. The van der Waals surface area contributed by atoms with Crippen LogP contribution in [0.25, 0.3) is 10.9 Å². The van der Waals surface area contributed by atoms with Crippen molar-refractivity contribution in [2.45, 2.75) is 49.6 Å². The van der Waals surface area contributed by atoms with Crippen LogP contribution >= 0.6 is 0 Å². The molecule has 6 nitrogen and oxygen atoms in total. The maximum absolute atomic E-state index is 13.1. The maximum Gasteiger partial charge on any atom is 0.240 e. The van der Waals surface area contributed by atoms with Gasteiger partial charge in [0.1, 0.15) is 5.82 Å². The minimum Gasteiger partial charge on any atom is -0.349 e. The van der Waals surface area contributed by atoms with E-state index >= 15 is 0 Å². The van der Waals surface area contributed by atoms with Gasteiger partial charge in [-0.3, -0.25) is 4.79 Å². The van der Waals surface area contributed by atoms with E-state index in [-0.39, 0.29) is 34.6 Å². The van der Waals surface area contributed by atoms with E-state index in [0.717, 1.165) is 10.9 Å². The van der Waals surface area contributed by atoms with Crippen LogP contribution in [0, 0.1) is 24.1 Å². The SMILES string of the molecule is C#Cc1cc2ccc(S(=O)(=O)N[C@H]3CC[C@H](C(=O)N[C@H](C)c4ccc(F)cc4)CC3)cc2[nH]1. The lowest BCUT2D eigenvalue weighted by molar-refractivity contribution is -0.126. The first-order valence-corrected chi connectivity index (χ1v) is 12.4. The van der Waals surface area contributed by atoms with E-state index in [9.17, 15) is 17.6 Å². The Balaban J connectivity index is 1.33. The number of hydrogen-bond acceptors (Lipinski definition) is 3. The highest BCUT2D eigenvalue weighted by Gasteiger charge is 2.30. The standard InChI is InChI=1S/C25H26FN3O3S/c1-3-21-14-19-8-13-23(15-24(19)28-21)33(31,32)29-22-11-6-18(7-12-22)25(30)27-16(2)17-4-9-20(26)10-5-17/h1,4-5,8-10,13-16,18,22,28-29H,6-7,11-12H2,2H3,(H,27,30)/t16-,18-,22-/m1/s1. The zero-order valence-corrected chi connectivity index (χ0v) is 19.1. The van der Waals surface area contributed by atoms with Crippen molar-refractivity contribution in [2.24, 2.45) is 5.92 Å². The van der Waals surface area contributed by atoms with Crippen LogP contribution in [-0.2, 0) is 14.8 Å². The Hall–Kier alpha value is -3.15. The molecule has 1 aromatic heterocycles. The topological polar surface area (TPSA) is 91.1 Å². The lowest BCUT2D eigenvalue weighted by Gasteiger charge is -2.29. The minimum atomic E-state index is -3.70. The lowest BCUT2D eigenvalue weighted by Crippen LogP contribution is -2.41. The summed E-state index contributed by atoms with van der Waals surface area (Å²) in [5.74, 6) is 1.96. The molecule has 1 aliphatic rings. The van der Waals surface area contributed by atoms with Gasteiger partial charge < -0.3 is 10.3 Å². The van der Waals surface area contributed by atoms with Crippen molar-refractivity contribution in [1.82, 2.24) is 15.0 Å². The summed E-state index contributed by atoms with van der Waals surface area (Å²) in [6.07, 6.45) is 7.74. The van der Waals surface area contributed by atoms with Crippen molar-refractivity contribution in [2.75, 3.05) is 0 Å². The molecule has 0 unspecified atom stereocenters. The molecule has 2 aromatic carbocycles. The Morgan fingerprint density at radius 1 is 1.12 bits per heavy atom. The molecule has 3 aromatic rings. The summed E-state index contributed by atoms with van der Waals surface area (Å²) in [7, 11) is -3.70. The monoisotopic (exact) mass is 467 g/mol. The molecule has 1 heterocycles. The number of H-pyrrole nitrogens is 1. The van der Waals surface area contributed by atoms with Gasteiger partial charge in [-0.15, -0.1) is 6.42 Å². The molecule has 1 fully saturated rings. The molecular formula is C25H26FN3O3S. The van der Waals surface area contributed by atoms with Crippen molar-refractivity contribution < 1.29 is 17.6 Å². The van der Waals surface area contributed by atoms with Gasteiger partial charge in [-0.2, -0.15) is 0 Å². The van der Waals surface area contributed by atoms with Crippen LogP contribution in [0.15, 0.2) is 53.4 Å². The summed E-state index contributed by atoms with van der Waals surface area (Å²) < 4.78 is 41.7. The van der Waals surface area contributed by atoms with E-state index in [1.807, 2.05) is 6.92 Å². The average Bonchev–Trinajstić information content (AvgIpc) is 3.22. The van der Waals surface area contributed by atoms with Crippen molar-refractivity contribution in [1.29, 1.82) is 0 Å². The molecule has 0 saturated heterocycles. The molecule has 4 rings (SSSR count). The summed E-state index contributed by atoms with van der Waals surface area (Å²) >= 11 is 0. The van der Waals surface area contributed by atoms with E-state index in [2.05, 4.69) is 20.9 Å². The van der Waals surface area contributed by atoms with Crippen LogP contribution in [0.5, 0.6) is 0 Å². The van der Waals surface area contributed by atoms with Gasteiger partial charge in [0.2, 0.25) is 15.9 Å². The third-order valence-corrected chi connectivity index (χ3v) is 7.73. The fraction of sp³-hybridized carbons (Fsp3) is 0.320. The number of carbonyl (C=O) groups excluding carboxylic acids is 1. The molecule has 1 atom stereocenters. The van der Waals surface area contributed by atoms with Crippen LogP contribution in [0.3, 0.4) is 0 Å². The number of fused-ring (bicyclic) bond motifs is 1. The molecule has 3 N–H and O–H groups in total. The molecule has 1 aliphatic carbocycles. The maximum atomic E-state index is 13.1. The van der Waals surface area contributed by atoms with Crippen LogP contribution in [0.1, 0.15) is 49.9 Å². The second kappa shape index (κ2) is 9.38. The van der Waals surface area contributed by atoms with Crippen LogP contribution in [0.4, 0.5) is 4.39 Å². The number of amides is 1. The van der Waals surface area contributed by atoms with Gasteiger partial charge in [-0.25, -0.2) is 17.5 Å². The number of halogens is 1. The summed E-state index contributed by atoms with van der Waals surface area (Å²) in [6.45, 7) is 1.86. The molecule has 0 aliphatic heterocycles. The number of aromatic amines is 1. The second-order valence-electron chi connectivity index (χ2n) is 8.53. The highest BCUT2D eigenvalue weighted by Crippen LogP contribution is 2.27. The number of carbonyl (C=O) groups is 1. The van der Waals surface area contributed by atoms with Crippen LogP contribution in [0.2, 0.25) is 0 Å². The number of nitrogens with one attached hydrogen (secondary N) is 3. The Labute approximate surface area is 193 Å². The number of benzene rings is 2. The molecule has 8 heteroatoms. The fourth-order valence-corrected chi connectivity index (χ4v) is 5.61. The van der Waals surface area contributed by atoms with E-state index < -0.39 is 10.0 Å². The predicted octanol–water partition coefficient (Wildman–Crippen LogP) is 4.00. The van der Waals surface area contributed by atoms with E-state index in [0.29, 0.717) is 36.9 Å². The number of sulfonamides is 1. The van der Waals surface area contributed by atoms with Gasteiger partial charge >= 0.3 is 0 Å². The largest absolute Gasteiger partial charge is 0.349 e. The van der Waals surface area contributed by atoms with Crippen molar-refractivity contribution in [3.63, 3.8) is 0 Å². The first-order valence-electron chi connectivity index (χ1n) is 10.9. The third kappa shape index (κ3) is 5.27. The zero-order chi connectivity index (χ0) is 23.6. The van der Waals surface area contributed by atoms with E-state index in [4.69, 9.17) is 6.42 Å². The quantitative estimate of drug-likeness (QED) is 0.479. The first kappa shape index (κ1) is 23.0. The average molecular weight is 468 g/mol. The highest BCUT2D eigenvalue weighted by atomic mass is 32.2. The number of hydrogen-bond donors (Lipinski definition) is 3. The molecule has 0 bridgehead atoms. The van der Waals surface area contributed by atoms with Gasteiger partial charge in [-0.1, -0.05) is 24.1 Å². The Kier molecular flexibility index (Phi) is 6.54. The molecule has 0 spiro atoms. The third-order valence-electron chi connectivity index (χ3n) is 6.21. The normalized spacial score (nSPS) is 19.7. The lowest BCUT2D eigenvalue weighted by atomic mass is 9.85. The van der Waals surface area contributed by atoms with E-state index in [1.54, 1.807) is 36.4 Å². The molecule has 1 saturated carbocycles. The van der Waals surface area contributed by atoms with Gasteiger partial charge in [0.25, 0.3) is 0 Å². The summed E-state index contributed by atoms with van der Waals surface area (Å²) in [4.78, 5) is 15.9. The highest BCUT2D eigenvalue weighted by molar-refractivity contribution is 7.89. The fourth-order valence-electron chi connectivity index (χ4n) is 4.28. The van der Waals surface area contributed by atoms with Crippen molar-refractivity contribution >= 4 is 26.8 Å². The van der Waals surface area contributed by atoms with Gasteiger partial charge in [0, 0.05) is 22.9 Å². The Morgan fingerprint density at radius 3 is 2.48 bits per heavy atom. The van der Waals surface area contributed by atoms with E-state index in [1.165, 1.54) is 12.1 Å². The summed E-state index contributed by atoms with van der Waals surface area (Å²) in [5, 5.41) is 3.83. The molecule has 0 radical (unpaired) electrons. The molecule has 172 valence electrons. The van der Waals surface area contributed by atoms with Gasteiger partial charge in [-0.05, 0) is 68.5 Å². The second-order valence-corrected chi connectivity index (χ2v) is 10.2. The Morgan fingerprint density at radius 2 is 1.82 bits per heavy atom. The number of aromatic nitrogens is 1. The van der Waals surface area contributed by atoms with Crippen LogP contribution in [-0.4, -0.2) is 25.4 Å². The number of rotatable bonds is 6. The van der Waals surface area contributed by atoms with Gasteiger partial charge in [0.05, 0.1) is 16.6 Å². The smallest absolute Gasteiger partial charge is 0.240 e. The predicted molar refractivity (Wildman–Crippen MR) is 125 cm³/mol. The number of terminal acetylenes is 1. The first-order chi connectivity index (χ1) is 15.7. The zero-order valence-electron chi connectivity index (χ0n) is 18.3. The Bertz CT molecular complexity index is 1300. The minimum absolute atomic E-state index is 0.0605. The van der Waals surface area contributed by atoms with Crippen molar-refractivity contribution in [3.05, 3.63) is 65.6 Å². The summed E-state index contributed by atoms with van der Waals surface area (Å²) in [6, 6.07) is 12.3. The molecule has 1 amide bonds.